The van der Waals surface area contributed by atoms with Crippen molar-refractivity contribution in [2.75, 3.05) is 6.79 Å². The molecule has 0 aliphatic carbocycles. The van der Waals surface area contributed by atoms with E-state index in [1.807, 2.05) is 32.0 Å². The van der Waals surface area contributed by atoms with Gasteiger partial charge in [0, 0.05) is 25.0 Å². The Bertz CT molecular complexity index is 1140. The number of aryl methyl sites for hydroxylation is 1. The zero-order valence-electron chi connectivity index (χ0n) is 17.2. The molecule has 4 rings (SSSR count). The molecule has 0 saturated heterocycles. The number of ether oxygens (including phenoxy) is 2. The summed E-state index contributed by atoms with van der Waals surface area (Å²) in [5, 5.41) is 0. The summed E-state index contributed by atoms with van der Waals surface area (Å²) in [4.78, 5) is 32.5. The lowest BCUT2D eigenvalue weighted by molar-refractivity contribution is 0.0687. The van der Waals surface area contributed by atoms with Gasteiger partial charge in [0.05, 0.1) is 11.9 Å². The summed E-state index contributed by atoms with van der Waals surface area (Å²) in [5.74, 6) is 1.06. The maximum Gasteiger partial charge on any atom is 0.268 e. The van der Waals surface area contributed by atoms with Crippen LogP contribution in [0.2, 0.25) is 0 Å². The Morgan fingerprint density at radius 2 is 2.00 bits per heavy atom. The summed E-state index contributed by atoms with van der Waals surface area (Å²) in [5.41, 5.74) is 1.97. The Hall–Kier alpha value is -3.61. The van der Waals surface area contributed by atoms with Gasteiger partial charge in [-0.15, -0.1) is 0 Å². The second-order valence-corrected chi connectivity index (χ2v) is 7.47. The molecular weight excluding hydrogens is 382 g/mol. The number of hydrogen-bond acceptors (Lipinski definition) is 5. The van der Waals surface area contributed by atoms with E-state index >= 15 is 0 Å². The Labute approximate surface area is 174 Å². The van der Waals surface area contributed by atoms with Gasteiger partial charge in [-0.2, -0.15) is 0 Å². The molecule has 2 aromatic heterocycles. The van der Waals surface area contributed by atoms with Gasteiger partial charge in [-0.3, -0.25) is 19.1 Å². The van der Waals surface area contributed by atoms with E-state index in [4.69, 9.17) is 9.47 Å². The van der Waals surface area contributed by atoms with E-state index < -0.39 is 0 Å². The van der Waals surface area contributed by atoms with Crippen LogP contribution in [0.25, 0.3) is 5.69 Å². The van der Waals surface area contributed by atoms with Crippen molar-refractivity contribution in [1.29, 1.82) is 0 Å². The van der Waals surface area contributed by atoms with Gasteiger partial charge in [-0.25, -0.2) is 0 Å². The predicted octanol–water partition coefficient (Wildman–Crippen LogP) is 3.32. The Morgan fingerprint density at radius 3 is 2.73 bits per heavy atom. The first-order chi connectivity index (χ1) is 14.5. The molecule has 0 radical (unpaired) electrons. The van der Waals surface area contributed by atoms with Gasteiger partial charge in [0.2, 0.25) is 6.79 Å². The summed E-state index contributed by atoms with van der Waals surface area (Å²) >= 11 is 0. The highest BCUT2D eigenvalue weighted by Gasteiger charge is 2.25. The molecule has 0 spiro atoms. The minimum absolute atomic E-state index is 0.103. The molecule has 0 atom stereocenters. The van der Waals surface area contributed by atoms with E-state index in [1.165, 1.54) is 4.57 Å². The van der Waals surface area contributed by atoms with E-state index in [0.29, 0.717) is 29.3 Å². The summed E-state index contributed by atoms with van der Waals surface area (Å²) < 4.78 is 12.3. The van der Waals surface area contributed by atoms with Crippen molar-refractivity contribution in [1.82, 2.24) is 14.5 Å². The highest BCUT2D eigenvalue weighted by molar-refractivity contribution is 5.95. The fourth-order valence-corrected chi connectivity index (χ4v) is 3.45. The lowest BCUT2D eigenvalue weighted by Crippen LogP contribution is -2.40. The van der Waals surface area contributed by atoms with Crippen LogP contribution in [0.3, 0.4) is 0 Å². The van der Waals surface area contributed by atoms with E-state index in [2.05, 4.69) is 4.98 Å². The van der Waals surface area contributed by atoms with Crippen LogP contribution in [0.4, 0.5) is 0 Å². The van der Waals surface area contributed by atoms with Gasteiger partial charge in [-0.1, -0.05) is 6.07 Å². The number of hydrogen-bond donors (Lipinski definition) is 0. The van der Waals surface area contributed by atoms with E-state index in [0.717, 1.165) is 5.56 Å². The lowest BCUT2D eigenvalue weighted by atomic mass is 10.1. The Balaban J connectivity index is 1.70. The minimum Gasteiger partial charge on any atom is -0.454 e. The maximum atomic E-state index is 13.5. The third-order valence-corrected chi connectivity index (χ3v) is 5.11. The van der Waals surface area contributed by atoms with Gasteiger partial charge >= 0.3 is 0 Å². The van der Waals surface area contributed by atoms with Crippen molar-refractivity contribution < 1.29 is 14.3 Å². The standard InChI is InChI=1S/C23H23N3O4/c1-15(2)26(13-17-6-7-19-20(11-17)30-14-29-19)23(28)21-16(3)8-10-25(22(21)27)18-5-4-9-24-12-18/h4-12,15H,13-14H2,1-3H3. The molecule has 0 saturated carbocycles. The number of aromatic nitrogens is 2. The first kappa shape index (κ1) is 19.7. The lowest BCUT2D eigenvalue weighted by Gasteiger charge is -2.27. The molecule has 1 amide bonds. The number of fused-ring (bicyclic) bond motifs is 1. The molecule has 7 heteroatoms. The fourth-order valence-electron chi connectivity index (χ4n) is 3.45. The second-order valence-electron chi connectivity index (χ2n) is 7.47. The number of carbonyl (C=O) groups is 1. The normalized spacial score (nSPS) is 12.3. The maximum absolute atomic E-state index is 13.5. The van der Waals surface area contributed by atoms with Crippen LogP contribution < -0.4 is 15.0 Å². The molecule has 0 fully saturated rings. The van der Waals surface area contributed by atoms with Crippen LogP contribution in [0, 0.1) is 6.92 Å². The molecule has 0 unspecified atom stereocenters. The summed E-state index contributed by atoms with van der Waals surface area (Å²) in [6.45, 7) is 6.20. The van der Waals surface area contributed by atoms with Gasteiger partial charge in [0.25, 0.3) is 11.5 Å². The topological polar surface area (TPSA) is 73.7 Å². The summed E-state index contributed by atoms with van der Waals surface area (Å²) in [6, 6.07) is 10.8. The van der Waals surface area contributed by atoms with E-state index in [9.17, 15) is 9.59 Å². The minimum atomic E-state index is -0.357. The quantitative estimate of drug-likeness (QED) is 0.651. The van der Waals surface area contributed by atoms with Crippen LogP contribution in [0.15, 0.2) is 59.8 Å². The smallest absolute Gasteiger partial charge is 0.268 e. The van der Waals surface area contributed by atoms with Crippen molar-refractivity contribution in [3.8, 4) is 17.2 Å². The van der Waals surface area contributed by atoms with Crippen LogP contribution in [-0.2, 0) is 6.54 Å². The predicted molar refractivity (Wildman–Crippen MR) is 112 cm³/mol. The number of rotatable bonds is 5. The third-order valence-electron chi connectivity index (χ3n) is 5.11. The molecule has 1 aliphatic rings. The van der Waals surface area contributed by atoms with Crippen LogP contribution in [-0.4, -0.2) is 33.2 Å². The zero-order valence-corrected chi connectivity index (χ0v) is 17.2. The monoisotopic (exact) mass is 405 g/mol. The molecule has 30 heavy (non-hydrogen) atoms. The first-order valence-corrected chi connectivity index (χ1v) is 9.78. The molecule has 0 N–H and O–H groups in total. The second kappa shape index (κ2) is 8.02. The average Bonchev–Trinajstić information content (AvgIpc) is 3.20. The van der Waals surface area contributed by atoms with Crippen molar-refractivity contribution in [3.63, 3.8) is 0 Å². The average molecular weight is 405 g/mol. The molecule has 1 aliphatic heterocycles. The van der Waals surface area contributed by atoms with Gasteiger partial charge in [0.1, 0.15) is 5.56 Å². The largest absolute Gasteiger partial charge is 0.454 e. The number of amides is 1. The number of carbonyl (C=O) groups excluding carboxylic acids is 1. The number of pyridine rings is 2. The van der Waals surface area contributed by atoms with Gasteiger partial charge in [0.15, 0.2) is 11.5 Å². The molecule has 3 aromatic rings. The highest BCUT2D eigenvalue weighted by atomic mass is 16.7. The van der Waals surface area contributed by atoms with E-state index in [-0.39, 0.29) is 29.9 Å². The molecule has 3 heterocycles. The van der Waals surface area contributed by atoms with Gasteiger partial charge in [-0.05, 0) is 62.2 Å². The van der Waals surface area contributed by atoms with Crippen LogP contribution >= 0.6 is 0 Å². The Kier molecular flexibility index (Phi) is 5.27. The summed E-state index contributed by atoms with van der Waals surface area (Å²) in [7, 11) is 0. The molecule has 1 aromatic carbocycles. The SMILES string of the molecule is Cc1ccn(-c2cccnc2)c(=O)c1C(=O)N(Cc1ccc2c(c1)OCO2)C(C)C. The fraction of sp³-hybridized carbons (Fsp3) is 0.261. The third kappa shape index (κ3) is 3.66. The van der Waals surface area contributed by atoms with Crippen LogP contribution in [0.5, 0.6) is 11.5 Å². The number of benzene rings is 1. The molecular formula is C23H23N3O4. The highest BCUT2D eigenvalue weighted by Crippen LogP contribution is 2.33. The van der Waals surface area contributed by atoms with Crippen LogP contribution in [0.1, 0.15) is 35.3 Å². The zero-order chi connectivity index (χ0) is 21.3. The van der Waals surface area contributed by atoms with E-state index in [1.54, 1.807) is 48.6 Å². The summed E-state index contributed by atoms with van der Waals surface area (Å²) in [6.07, 6.45) is 4.90. The molecule has 0 bridgehead atoms. The van der Waals surface area contributed by atoms with Gasteiger partial charge < -0.3 is 14.4 Å². The van der Waals surface area contributed by atoms with Crippen molar-refractivity contribution in [2.45, 2.75) is 33.4 Å². The van der Waals surface area contributed by atoms with Crippen molar-refractivity contribution in [2.24, 2.45) is 0 Å². The molecule has 7 nitrogen and oxygen atoms in total. The number of nitrogens with zero attached hydrogens (tertiary/aromatic N) is 3. The Morgan fingerprint density at radius 1 is 1.20 bits per heavy atom. The van der Waals surface area contributed by atoms with Crippen molar-refractivity contribution in [3.05, 3.63) is 82.0 Å². The van der Waals surface area contributed by atoms with Crippen molar-refractivity contribution >= 4 is 5.91 Å². The molecule has 154 valence electrons. The first-order valence-electron chi connectivity index (χ1n) is 9.78.